The number of rotatable bonds is 5. The lowest BCUT2D eigenvalue weighted by atomic mass is 10.3. The summed E-state index contributed by atoms with van der Waals surface area (Å²) in [6.45, 7) is 0.359. The smallest absolute Gasteiger partial charge is 0.324 e. The first-order valence-electron chi connectivity index (χ1n) is 5.38. The Morgan fingerprint density at radius 2 is 1.90 bits per heavy atom. The SMILES string of the molecule is O=[N+]([O-])c1ccc(Br)c(NCc2ccc([N+](=O)[O-])s2)c1. The summed E-state index contributed by atoms with van der Waals surface area (Å²) in [5.74, 6) is 0. The molecular formula is C11H8BrN3O4S. The number of hydrogen-bond donors (Lipinski definition) is 1. The molecule has 20 heavy (non-hydrogen) atoms. The molecular weight excluding hydrogens is 350 g/mol. The molecule has 0 amide bonds. The van der Waals surface area contributed by atoms with Crippen LogP contribution in [0.15, 0.2) is 34.8 Å². The maximum atomic E-state index is 10.7. The van der Waals surface area contributed by atoms with Crippen LogP contribution in [-0.2, 0) is 6.54 Å². The number of nitro groups is 2. The van der Waals surface area contributed by atoms with Gasteiger partial charge in [0, 0.05) is 34.1 Å². The average Bonchev–Trinajstić information content (AvgIpc) is 2.86. The minimum Gasteiger partial charge on any atom is -0.379 e. The Hall–Kier alpha value is -2.00. The summed E-state index contributed by atoms with van der Waals surface area (Å²) in [7, 11) is 0. The number of benzene rings is 1. The third-order valence-corrected chi connectivity index (χ3v) is 4.17. The van der Waals surface area contributed by atoms with Crippen molar-refractivity contribution in [2.24, 2.45) is 0 Å². The molecule has 0 saturated heterocycles. The highest BCUT2D eigenvalue weighted by atomic mass is 79.9. The molecule has 7 nitrogen and oxygen atoms in total. The molecule has 2 aromatic rings. The molecule has 0 unspecified atom stereocenters. The lowest BCUT2D eigenvalue weighted by molar-refractivity contribution is -0.384. The molecule has 0 atom stereocenters. The first-order chi connectivity index (χ1) is 9.47. The number of anilines is 1. The summed E-state index contributed by atoms with van der Waals surface area (Å²) >= 11 is 4.36. The van der Waals surface area contributed by atoms with E-state index in [1.807, 2.05) is 0 Å². The molecule has 0 aliphatic heterocycles. The van der Waals surface area contributed by atoms with Crippen LogP contribution >= 0.6 is 27.3 Å². The quantitative estimate of drug-likeness (QED) is 0.645. The molecule has 1 aromatic carbocycles. The van der Waals surface area contributed by atoms with Gasteiger partial charge in [-0.15, -0.1) is 0 Å². The van der Waals surface area contributed by atoms with E-state index in [1.165, 1.54) is 18.2 Å². The third kappa shape index (κ3) is 3.31. The van der Waals surface area contributed by atoms with Crippen molar-refractivity contribution in [3.05, 3.63) is 59.9 Å². The van der Waals surface area contributed by atoms with Crippen molar-refractivity contribution >= 4 is 43.6 Å². The molecule has 104 valence electrons. The average molecular weight is 358 g/mol. The summed E-state index contributed by atoms with van der Waals surface area (Å²) in [6, 6.07) is 7.47. The normalized spacial score (nSPS) is 10.2. The van der Waals surface area contributed by atoms with Gasteiger partial charge in [0.2, 0.25) is 0 Å². The molecule has 1 heterocycles. The molecule has 0 spiro atoms. The van der Waals surface area contributed by atoms with Crippen LogP contribution in [0.4, 0.5) is 16.4 Å². The Morgan fingerprint density at radius 1 is 1.15 bits per heavy atom. The molecule has 1 N–H and O–H groups in total. The van der Waals surface area contributed by atoms with Crippen LogP contribution < -0.4 is 5.32 Å². The van der Waals surface area contributed by atoms with Crippen molar-refractivity contribution < 1.29 is 9.85 Å². The van der Waals surface area contributed by atoms with Gasteiger partial charge in [0.25, 0.3) is 5.69 Å². The fraction of sp³-hybridized carbons (Fsp3) is 0.0909. The van der Waals surface area contributed by atoms with E-state index in [0.717, 1.165) is 16.2 Å². The predicted molar refractivity (Wildman–Crippen MR) is 79.1 cm³/mol. The van der Waals surface area contributed by atoms with Gasteiger partial charge in [0.15, 0.2) is 0 Å². The molecule has 9 heteroatoms. The van der Waals surface area contributed by atoms with Gasteiger partial charge in [-0.1, -0.05) is 11.3 Å². The second-order valence-electron chi connectivity index (χ2n) is 3.77. The lowest BCUT2D eigenvalue weighted by Crippen LogP contribution is -1.99. The van der Waals surface area contributed by atoms with E-state index in [4.69, 9.17) is 0 Å². The van der Waals surface area contributed by atoms with Gasteiger partial charge in [0.1, 0.15) is 0 Å². The Balaban J connectivity index is 2.11. The summed E-state index contributed by atoms with van der Waals surface area (Å²) in [5.41, 5.74) is 0.545. The Labute approximate surface area is 125 Å². The first-order valence-corrected chi connectivity index (χ1v) is 6.99. The van der Waals surface area contributed by atoms with Crippen LogP contribution in [0.2, 0.25) is 0 Å². The zero-order chi connectivity index (χ0) is 14.7. The van der Waals surface area contributed by atoms with E-state index in [-0.39, 0.29) is 10.7 Å². The lowest BCUT2D eigenvalue weighted by Gasteiger charge is -2.06. The summed E-state index contributed by atoms with van der Waals surface area (Å²) in [5, 5.41) is 24.4. The number of nitro benzene ring substituents is 1. The monoisotopic (exact) mass is 357 g/mol. The number of thiophene rings is 1. The number of non-ortho nitro benzene ring substituents is 1. The van der Waals surface area contributed by atoms with Gasteiger partial charge in [-0.2, -0.15) is 0 Å². The zero-order valence-electron chi connectivity index (χ0n) is 9.91. The fourth-order valence-corrected chi connectivity index (χ4v) is 2.65. The molecule has 0 fully saturated rings. The fourth-order valence-electron chi connectivity index (χ4n) is 1.50. The standard InChI is InChI=1S/C11H8BrN3O4S/c12-9-3-1-7(14(16)17)5-10(9)13-6-8-2-4-11(20-8)15(18)19/h1-5,13H,6H2. The largest absolute Gasteiger partial charge is 0.379 e. The van der Waals surface area contributed by atoms with Crippen molar-refractivity contribution in [2.75, 3.05) is 5.32 Å². The highest BCUT2D eigenvalue weighted by Gasteiger charge is 2.12. The predicted octanol–water partition coefficient (Wildman–Crippen LogP) is 3.94. The molecule has 0 aliphatic carbocycles. The number of nitrogens with zero attached hydrogens (tertiary/aromatic N) is 2. The van der Waals surface area contributed by atoms with E-state index < -0.39 is 9.85 Å². The van der Waals surface area contributed by atoms with Crippen molar-refractivity contribution in [1.82, 2.24) is 0 Å². The van der Waals surface area contributed by atoms with Crippen molar-refractivity contribution in [3.8, 4) is 0 Å². The van der Waals surface area contributed by atoms with E-state index in [1.54, 1.807) is 12.1 Å². The van der Waals surface area contributed by atoms with Gasteiger partial charge < -0.3 is 5.32 Å². The molecule has 0 bridgehead atoms. The molecule has 2 rings (SSSR count). The number of halogens is 1. The summed E-state index contributed by atoms with van der Waals surface area (Å²) < 4.78 is 0.689. The Bertz CT molecular complexity index is 673. The van der Waals surface area contributed by atoms with Gasteiger partial charge in [0.05, 0.1) is 15.5 Å². The van der Waals surface area contributed by atoms with Crippen LogP contribution in [-0.4, -0.2) is 9.85 Å². The third-order valence-electron chi connectivity index (χ3n) is 2.44. The second-order valence-corrected chi connectivity index (χ2v) is 5.77. The topological polar surface area (TPSA) is 98.3 Å². The Kier molecular flexibility index (Phi) is 4.30. The van der Waals surface area contributed by atoms with Crippen LogP contribution in [0.3, 0.4) is 0 Å². The van der Waals surface area contributed by atoms with Crippen molar-refractivity contribution in [3.63, 3.8) is 0 Å². The molecule has 0 radical (unpaired) electrons. The maximum absolute atomic E-state index is 10.7. The number of nitrogens with one attached hydrogen (secondary N) is 1. The van der Waals surface area contributed by atoms with Gasteiger partial charge in [-0.3, -0.25) is 20.2 Å². The van der Waals surface area contributed by atoms with Crippen LogP contribution in [0.1, 0.15) is 4.88 Å². The minimum atomic E-state index is -0.479. The van der Waals surface area contributed by atoms with E-state index in [2.05, 4.69) is 21.2 Å². The summed E-state index contributed by atoms with van der Waals surface area (Å²) in [6.07, 6.45) is 0. The highest BCUT2D eigenvalue weighted by Crippen LogP contribution is 2.29. The Morgan fingerprint density at radius 3 is 2.50 bits per heavy atom. The zero-order valence-corrected chi connectivity index (χ0v) is 12.3. The first kappa shape index (κ1) is 14.4. The number of hydrogen-bond acceptors (Lipinski definition) is 6. The molecule has 1 aromatic heterocycles. The highest BCUT2D eigenvalue weighted by molar-refractivity contribution is 9.10. The van der Waals surface area contributed by atoms with Crippen molar-refractivity contribution in [2.45, 2.75) is 6.54 Å². The van der Waals surface area contributed by atoms with Gasteiger partial charge >= 0.3 is 5.00 Å². The molecule has 0 saturated carbocycles. The van der Waals surface area contributed by atoms with Crippen LogP contribution in [0.25, 0.3) is 0 Å². The minimum absolute atomic E-state index is 0.0205. The van der Waals surface area contributed by atoms with Crippen molar-refractivity contribution in [1.29, 1.82) is 0 Å². The van der Waals surface area contributed by atoms with E-state index >= 15 is 0 Å². The van der Waals surface area contributed by atoms with Gasteiger partial charge in [-0.05, 0) is 28.1 Å². The maximum Gasteiger partial charge on any atom is 0.324 e. The van der Waals surface area contributed by atoms with Gasteiger partial charge in [-0.25, -0.2) is 0 Å². The molecule has 0 aliphatic rings. The van der Waals surface area contributed by atoms with E-state index in [0.29, 0.717) is 16.7 Å². The summed E-state index contributed by atoms with van der Waals surface area (Å²) in [4.78, 5) is 21.1. The van der Waals surface area contributed by atoms with Crippen LogP contribution in [0, 0.1) is 20.2 Å². The second kappa shape index (κ2) is 5.97. The van der Waals surface area contributed by atoms with Crippen LogP contribution in [0.5, 0.6) is 0 Å². The van der Waals surface area contributed by atoms with E-state index in [9.17, 15) is 20.2 Å².